The normalized spacial score (nSPS) is 14.6. The molecule has 0 bridgehead atoms. The molecule has 0 aromatic heterocycles. The number of unbranched alkanes of at least 4 members (excludes halogenated alkanes) is 21. The zero-order chi connectivity index (χ0) is 35.1. The van der Waals surface area contributed by atoms with Gasteiger partial charge in [-0.1, -0.05) is 162 Å². The SMILES string of the molecule is CCCCCCCCCCCCCCCCOC[C@@H](COP(=O)([O-])OCC[N+](C)(C)C)OC(=O)[C@@H](C)CCCCCCCCCCC. The van der Waals surface area contributed by atoms with Gasteiger partial charge in [-0.3, -0.25) is 9.36 Å². The molecule has 9 heteroatoms. The lowest BCUT2D eigenvalue weighted by molar-refractivity contribution is -0.870. The molecule has 0 aromatic carbocycles. The largest absolute Gasteiger partial charge is 0.756 e. The van der Waals surface area contributed by atoms with Crippen molar-refractivity contribution in [3.05, 3.63) is 0 Å². The quantitative estimate of drug-likeness (QED) is 0.0279. The molecule has 0 aliphatic carbocycles. The summed E-state index contributed by atoms with van der Waals surface area (Å²) in [5.74, 6) is -0.586. The fourth-order valence-electron chi connectivity index (χ4n) is 5.53. The van der Waals surface area contributed by atoms with Crippen molar-refractivity contribution in [1.29, 1.82) is 0 Å². The third-order valence-corrected chi connectivity index (χ3v) is 9.77. The lowest BCUT2D eigenvalue weighted by Crippen LogP contribution is -2.37. The number of carbonyl (C=O) groups is 1. The average molecular weight is 692 g/mol. The minimum absolute atomic E-state index is 0.0279. The fourth-order valence-corrected chi connectivity index (χ4v) is 6.26. The van der Waals surface area contributed by atoms with E-state index in [2.05, 4.69) is 13.8 Å². The topological polar surface area (TPSA) is 94.1 Å². The molecule has 3 atom stereocenters. The number of ether oxygens (including phenoxy) is 2. The van der Waals surface area contributed by atoms with Crippen molar-refractivity contribution in [2.24, 2.45) is 5.92 Å². The van der Waals surface area contributed by atoms with E-state index in [1.54, 1.807) is 0 Å². The summed E-state index contributed by atoms with van der Waals surface area (Å²) in [4.78, 5) is 25.2. The molecule has 0 amide bonds. The molecule has 0 aliphatic heterocycles. The monoisotopic (exact) mass is 692 g/mol. The Kier molecular flexibility index (Phi) is 31.1. The lowest BCUT2D eigenvalue weighted by atomic mass is 10.0. The predicted octanol–water partition coefficient (Wildman–Crippen LogP) is 10.2. The van der Waals surface area contributed by atoms with Gasteiger partial charge in [0.15, 0.2) is 0 Å². The standard InChI is InChI=1S/C38H78NO7P/c1-7-9-11-13-15-17-18-19-20-21-23-25-27-29-32-43-34-37(35-45-47(41,42)44-33-31-39(4,5)6)46-38(40)36(3)30-28-26-24-22-16-14-12-10-8-2/h36-37H,7-35H2,1-6H3/t36-,37-/m0/s1. The number of carbonyl (C=O) groups excluding carboxylic acids is 1. The number of quaternary nitrogens is 1. The molecule has 0 N–H and O–H groups in total. The van der Waals surface area contributed by atoms with Gasteiger partial charge in [0.2, 0.25) is 0 Å². The van der Waals surface area contributed by atoms with E-state index in [0.29, 0.717) is 17.6 Å². The fraction of sp³-hybridized carbons (Fsp3) is 0.974. The second-order valence-corrected chi connectivity index (χ2v) is 16.2. The molecular formula is C38H78NO7P. The van der Waals surface area contributed by atoms with Gasteiger partial charge in [-0.2, -0.15) is 0 Å². The first-order valence-electron chi connectivity index (χ1n) is 19.7. The van der Waals surface area contributed by atoms with Crippen LogP contribution in [-0.4, -0.2) is 70.7 Å². The Morgan fingerprint density at radius 3 is 1.49 bits per heavy atom. The Hall–Kier alpha value is -0.500. The lowest BCUT2D eigenvalue weighted by Gasteiger charge is -2.28. The van der Waals surface area contributed by atoms with Crippen LogP contribution in [-0.2, 0) is 27.9 Å². The van der Waals surface area contributed by atoms with Gasteiger partial charge < -0.3 is 27.9 Å². The number of rotatable bonds is 36. The van der Waals surface area contributed by atoms with Crippen molar-refractivity contribution in [2.75, 3.05) is 54.1 Å². The van der Waals surface area contributed by atoms with Crippen LogP contribution >= 0.6 is 7.82 Å². The van der Waals surface area contributed by atoms with Gasteiger partial charge in [0.25, 0.3) is 7.82 Å². The highest BCUT2D eigenvalue weighted by Crippen LogP contribution is 2.38. The average Bonchev–Trinajstić information content (AvgIpc) is 3.01. The molecule has 0 heterocycles. The Morgan fingerprint density at radius 1 is 0.617 bits per heavy atom. The Bertz CT molecular complexity index is 746. The molecular weight excluding hydrogens is 613 g/mol. The van der Waals surface area contributed by atoms with Crippen LogP contribution in [0.4, 0.5) is 0 Å². The highest BCUT2D eigenvalue weighted by molar-refractivity contribution is 7.45. The van der Waals surface area contributed by atoms with E-state index in [0.717, 1.165) is 32.1 Å². The molecule has 0 saturated carbocycles. The maximum absolute atomic E-state index is 12.9. The van der Waals surface area contributed by atoms with Gasteiger partial charge in [-0.25, -0.2) is 0 Å². The highest BCUT2D eigenvalue weighted by atomic mass is 31.2. The first-order chi connectivity index (χ1) is 22.5. The summed E-state index contributed by atoms with van der Waals surface area (Å²) in [7, 11) is 1.36. The van der Waals surface area contributed by atoms with Crippen molar-refractivity contribution < 1.29 is 37.3 Å². The van der Waals surface area contributed by atoms with Crippen LogP contribution < -0.4 is 4.89 Å². The zero-order valence-corrected chi connectivity index (χ0v) is 32.8. The van der Waals surface area contributed by atoms with E-state index in [1.807, 2.05) is 28.1 Å². The molecule has 0 aliphatic rings. The van der Waals surface area contributed by atoms with Crippen molar-refractivity contribution >= 4 is 13.8 Å². The number of phosphoric acid groups is 1. The van der Waals surface area contributed by atoms with E-state index in [4.69, 9.17) is 18.5 Å². The van der Waals surface area contributed by atoms with Crippen LogP contribution in [0.3, 0.4) is 0 Å². The smallest absolute Gasteiger partial charge is 0.309 e. The van der Waals surface area contributed by atoms with Crippen LogP contribution in [0.25, 0.3) is 0 Å². The molecule has 8 nitrogen and oxygen atoms in total. The molecule has 1 unspecified atom stereocenters. The molecule has 282 valence electrons. The number of phosphoric ester groups is 1. The van der Waals surface area contributed by atoms with E-state index < -0.39 is 13.9 Å². The molecule has 0 radical (unpaired) electrons. The summed E-state index contributed by atoms with van der Waals surface area (Å²) < 4.78 is 34.7. The summed E-state index contributed by atoms with van der Waals surface area (Å²) in [6, 6.07) is 0. The van der Waals surface area contributed by atoms with Gasteiger partial charge in [-0.05, 0) is 12.8 Å². The molecule has 0 fully saturated rings. The van der Waals surface area contributed by atoms with Gasteiger partial charge in [0.05, 0.1) is 40.3 Å². The summed E-state index contributed by atoms with van der Waals surface area (Å²) in [6.45, 7) is 7.28. The van der Waals surface area contributed by atoms with Crippen molar-refractivity contribution in [2.45, 2.75) is 181 Å². The van der Waals surface area contributed by atoms with Crippen LogP contribution in [0.2, 0.25) is 0 Å². The highest BCUT2D eigenvalue weighted by Gasteiger charge is 2.23. The molecule has 0 rings (SSSR count). The first kappa shape index (κ1) is 46.5. The van der Waals surface area contributed by atoms with Crippen molar-refractivity contribution in [3.8, 4) is 0 Å². The van der Waals surface area contributed by atoms with Gasteiger partial charge >= 0.3 is 5.97 Å². The van der Waals surface area contributed by atoms with Gasteiger partial charge in [-0.15, -0.1) is 0 Å². The summed E-state index contributed by atoms with van der Waals surface area (Å²) >= 11 is 0. The third-order valence-electron chi connectivity index (χ3n) is 8.80. The van der Waals surface area contributed by atoms with Gasteiger partial charge in [0.1, 0.15) is 19.3 Å². The van der Waals surface area contributed by atoms with Crippen molar-refractivity contribution in [1.82, 2.24) is 0 Å². The Balaban J connectivity index is 4.38. The van der Waals surface area contributed by atoms with Crippen LogP contribution in [0.15, 0.2) is 0 Å². The molecule has 0 aromatic rings. The second-order valence-electron chi connectivity index (χ2n) is 14.8. The molecule has 0 saturated heterocycles. The third kappa shape index (κ3) is 33.8. The second kappa shape index (κ2) is 31.5. The Morgan fingerprint density at radius 2 is 1.04 bits per heavy atom. The number of esters is 1. The Labute approximate surface area is 291 Å². The number of hydrogen-bond donors (Lipinski definition) is 0. The van der Waals surface area contributed by atoms with E-state index >= 15 is 0 Å². The predicted molar refractivity (Wildman–Crippen MR) is 194 cm³/mol. The van der Waals surface area contributed by atoms with E-state index in [-0.39, 0.29) is 31.7 Å². The van der Waals surface area contributed by atoms with E-state index in [9.17, 15) is 14.3 Å². The van der Waals surface area contributed by atoms with Crippen LogP contribution in [0.1, 0.15) is 175 Å². The maximum Gasteiger partial charge on any atom is 0.309 e. The minimum Gasteiger partial charge on any atom is -0.756 e. The zero-order valence-electron chi connectivity index (χ0n) is 31.9. The van der Waals surface area contributed by atoms with Crippen molar-refractivity contribution in [3.63, 3.8) is 0 Å². The summed E-state index contributed by atoms with van der Waals surface area (Å²) in [5, 5.41) is 0. The molecule has 47 heavy (non-hydrogen) atoms. The number of likely N-dealkylation sites (N-methyl/N-ethyl adjacent to an activating group) is 1. The minimum atomic E-state index is -4.52. The van der Waals surface area contributed by atoms with Gasteiger partial charge in [0, 0.05) is 6.61 Å². The molecule has 0 spiro atoms. The maximum atomic E-state index is 12.9. The first-order valence-corrected chi connectivity index (χ1v) is 21.2. The number of hydrogen-bond acceptors (Lipinski definition) is 7. The summed E-state index contributed by atoms with van der Waals surface area (Å²) in [6.07, 6.45) is 29.2. The van der Waals surface area contributed by atoms with E-state index in [1.165, 1.54) is 122 Å². The van der Waals surface area contributed by atoms with Crippen LogP contribution in [0, 0.1) is 5.92 Å². The van der Waals surface area contributed by atoms with Crippen LogP contribution in [0.5, 0.6) is 0 Å². The summed E-state index contributed by atoms with van der Waals surface area (Å²) in [5.41, 5.74) is 0. The number of nitrogens with zero attached hydrogens (tertiary/aromatic N) is 1.